The number of hydrogen-bond acceptors (Lipinski definition) is 4. The summed E-state index contributed by atoms with van der Waals surface area (Å²) in [5, 5.41) is 2.77. The Balaban J connectivity index is 1.44. The van der Waals surface area contributed by atoms with Gasteiger partial charge in [0, 0.05) is 12.4 Å². The number of ether oxygens (including phenoxy) is 2. The zero-order valence-corrected chi connectivity index (χ0v) is 13.7. The molecule has 0 aliphatic carbocycles. The number of carbonyl (C=O) groups is 1. The third-order valence-corrected chi connectivity index (χ3v) is 3.56. The Morgan fingerprint density at radius 2 is 1.92 bits per heavy atom. The molecule has 2 aromatic heterocycles. The molecule has 0 aliphatic heterocycles. The Labute approximate surface area is 144 Å². The molecule has 3 rings (SSSR count). The zero-order chi connectivity index (χ0) is 17.6. The number of fused-ring (bicyclic) bond motifs is 1. The Kier molecular flexibility index (Phi) is 5.13. The molecule has 1 amide bonds. The summed E-state index contributed by atoms with van der Waals surface area (Å²) in [6.45, 7) is 0.737. The smallest absolute Gasteiger partial charge is 0.226 e. The number of methoxy groups -OCH3 is 1. The third-order valence-electron chi connectivity index (χ3n) is 3.56. The molecular weight excluding hydrogens is 325 g/mol. The molecule has 7 heteroatoms. The van der Waals surface area contributed by atoms with Crippen LogP contribution in [0.1, 0.15) is 5.69 Å². The topological polar surface area (TPSA) is 64.9 Å². The maximum atomic E-state index is 13.1. The van der Waals surface area contributed by atoms with Crippen LogP contribution in [-0.2, 0) is 11.2 Å². The van der Waals surface area contributed by atoms with Gasteiger partial charge in [-0.3, -0.25) is 4.79 Å². The normalized spacial score (nSPS) is 10.6. The van der Waals surface area contributed by atoms with Gasteiger partial charge in [0.2, 0.25) is 5.91 Å². The van der Waals surface area contributed by atoms with E-state index in [9.17, 15) is 9.18 Å². The first-order valence-electron chi connectivity index (χ1n) is 7.81. The number of aromatic nitrogens is 2. The van der Waals surface area contributed by atoms with Gasteiger partial charge in [-0.25, -0.2) is 9.37 Å². The molecule has 1 aromatic carbocycles. The fourth-order valence-corrected chi connectivity index (χ4v) is 2.36. The number of pyridine rings is 1. The maximum absolute atomic E-state index is 13.1. The van der Waals surface area contributed by atoms with Crippen molar-refractivity contribution in [2.75, 3.05) is 20.3 Å². The number of imidazole rings is 1. The Morgan fingerprint density at radius 1 is 1.16 bits per heavy atom. The lowest BCUT2D eigenvalue weighted by Gasteiger charge is -2.08. The molecule has 25 heavy (non-hydrogen) atoms. The molecule has 6 nitrogen and oxygen atoms in total. The number of halogens is 1. The summed E-state index contributed by atoms with van der Waals surface area (Å²) in [5.74, 6) is 0.948. The van der Waals surface area contributed by atoms with Gasteiger partial charge >= 0.3 is 0 Å². The van der Waals surface area contributed by atoms with Crippen LogP contribution in [0.15, 0.2) is 48.8 Å². The summed E-state index contributed by atoms with van der Waals surface area (Å²) in [6.07, 6.45) is 3.10. The van der Waals surface area contributed by atoms with E-state index in [0.29, 0.717) is 30.2 Å². The average Bonchev–Trinajstić information content (AvgIpc) is 3.00. The van der Waals surface area contributed by atoms with Crippen molar-refractivity contribution in [3.8, 4) is 11.5 Å². The molecule has 0 spiro atoms. The van der Waals surface area contributed by atoms with Crippen LogP contribution in [0.25, 0.3) is 5.65 Å². The molecule has 2 heterocycles. The second-order valence-corrected chi connectivity index (χ2v) is 5.40. The summed E-state index contributed by atoms with van der Waals surface area (Å²) < 4.78 is 25.3. The van der Waals surface area contributed by atoms with Crippen LogP contribution >= 0.6 is 0 Å². The number of benzene rings is 1. The van der Waals surface area contributed by atoms with Crippen LogP contribution in [0.4, 0.5) is 4.39 Å². The molecule has 0 bridgehead atoms. The lowest BCUT2D eigenvalue weighted by molar-refractivity contribution is -0.120. The molecule has 0 saturated heterocycles. The monoisotopic (exact) mass is 343 g/mol. The van der Waals surface area contributed by atoms with Crippen LogP contribution in [0.5, 0.6) is 11.5 Å². The van der Waals surface area contributed by atoms with E-state index >= 15 is 0 Å². The van der Waals surface area contributed by atoms with E-state index in [1.54, 1.807) is 48.0 Å². The number of carbonyl (C=O) groups excluding carboxylic acids is 1. The van der Waals surface area contributed by atoms with Crippen molar-refractivity contribution in [2.45, 2.75) is 6.42 Å². The minimum atomic E-state index is -0.350. The highest BCUT2D eigenvalue weighted by Gasteiger charge is 2.08. The lowest BCUT2D eigenvalue weighted by atomic mass is 10.3. The first-order valence-corrected chi connectivity index (χ1v) is 7.81. The standard InChI is InChI=1S/C18H18FN3O3/c1-24-15-3-5-16(6-4-15)25-9-8-20-18(23)10-14-12-22-11-13(19)2-7-17(22)21-14/h2-7,11-12H,8-10H2,1H3,(H,20,23). The van der Waals surface area contributed by atoms with E-state index < -0.39 is 0 Å². The maximum Gasteiger partial charge on any atom is 0.226 e. The SMILES string of the molecule is COc1ccc(OCCNC(=O)Cc2cn3cc(F)ccc3n2)cc1. The predicted octanol–water partition coefficient (Wildman–Crippen LogP) is 2.22. The summed E-state index contributed by atoms with van der Waals surface area (Å²) in [5.41, 5.74) is 1.19. The summed E-state index contributed by atoms with van der Waals surface area (Å²) in [4.78, 5) is 16.2. The van der Waals surface area contributed by atoms with E-state index in [1.807, 2.05) is 0 Å². The second-order valence-electron chi connectivity index (χ2n) is 5.40. The van der Waals surface area contributed by atoms with Crippen molar-refractivity contribution in [3.63, 3.8) is 0 Å². The Hall–Kier alpha value is -3.09. The highest BCUT2D eigenvalue weighted by molar-refractivity contribution is 5.78. The molecule has 0 unspecified atom stereocenters. The van der Waals surface area contributed by atoms with Crippen molar-refractivity contribution in [1.82, 2.24) is 14.7 Å². The van der Waals surface area contributed by atoms with E-state index in [4.69, 9.17) is 9.47 Å². The average molecular weight is 343 g/mol. The highest BCUT2D eigenvalue weighted by atomic mass is 19.1. The number of rotatable bonds is 7. The van der Waals surface area contributed by atoms with Crippen LogP contribution in [0.3, 0.4) is 0 Å². The molecule has 130 valence electrons. The number of nitrogens with zero attached hydrogens (tertiary/aromatic N) is 2. The van der Waals surface area contributed by atoms with E-state index in [1.165, 1.54) is 12.3 Å². The highest BCUT2D eigenvalue weighted by Crippen LogP contribution is 2.16. The van der Waals surface area contributed by atoms with Gasteiger partial charge in [0.25, 0.3) is 0 Å². The molecule has 0 atom stereocenters. The van der Waals surface area contributed by atoms with Gasteiger partial charge in [0.1, 0.15) is 29.6 Å². The van der Waals surface area contributed by atoms with Crippen molar-refractivity contribution in [1.29, 1.82) is 0 Å². The quantitative estimate of drug-likeness (QED) is 0.668. The number of hydrogen-bond donors (Lipinski definition) is 1. The Morgan fingerprint density at radius 3 is 2.68 bits per heavy atom. The lowest BCUT2D eigenvalue weighted by Crippen LogP contribution is -2.29. The minimum absolute atomic E-state index is 0.131. The van der Waals surface area contributed by atoms with Crippen molar-refractivity contribution >= 4 is 11.6 Å². The van der Waals surface area contributed by atoms with Crippen LogP contribution < -0.4 is 14.8 Å². The molecule has 3 aromatic rings. The Bertz CT molecular complexity index is 862. The van der Waals surface area contributed by atoms with E-state index in [2.05, 4.69) is 10.3 Å². The van der Waals surface area contributed by atoms with Gasteiger partial charge in [-0.05, 0) is 36.4 Å². The van der Waals surface area contributed by atoms with Crippen molar-refractivity contribution in [2.24, 2.45) is 0 Å². The zero-order valence-electron chi connectivity index (χ0n) is 13.7. The number of amides is 1. The van der Waals surface area contributed by atoms with Gasteiger partial charge in [0.05, 0.1) is 25.8 Å². The molecule has 1 N–H and O–H groups in total. The van der Waals surface area contributed by atoms with Crippen LogP contribution in [-0.4, -0.2) is 35.6 Å². The van der Waals surface area contributed by atoms with E-state index in [0.717, 1.165) is 5.75 Å². The minimum Gasteiger partial charge on any atom is -0.497 e. The van der Waals surface area contributed by atoms with Gasteiger partial charge < -0.3 is 19.2 Å². The summed E-state index contributed by atoms with van der Waals surface area (Å²) >= 11 is 0. The van der Waals surface area contributed by atoms with Gasteiger partial charge in [0.15, 0.2) is 0 Å². The molecule has 0 saturated carbocycles. The van der Waals surface area contributed by atoms with Gasteiger partial charge in [-0.15, -0.1) is 0 Å². The first kappa shape index (κ1) is 16.8. The van der Waals surface area contributed by atoms with Gasteiger partial charge in [-0.2, -0.15) is 0 Å². The third kappa shape index (κ3) is 4.47. The molecule has 0 radical (unpaired) electrons. The summed E-state index contributed by atoms with van der Waals surface area (Å²) in [7, 11) is 1.60. The molecule has 0 aliphatic rings. The fourth-order valence-electron chi connectivity index (χ4n) is 2.36. The fraction of sp³-hybridized carbons (Fsp3) is 0.222. The van der Waals surface area contributed by atoms with Crippen LogP contribution in [0, 0.1) is 5.82 Å². The summed E-state index contributed by atoms with van der Waals surface area (Å²) in [6, 6.07) is 10.1. The second kappa shape index (κ2) is 7.65. The molecule has 0 fully saturated rings. The largest absolute Gasteiger partial charge is 0.497 e. The van der Waals surface area contributed by atoms with E-state index in [-0.39, 0.29) is 18.1 Å². The van der Waals surface area contributed by atoms with Crippen molar-refractivity contribution in [3.05, 3.63) is 60.3 Å². The van der Waals surface area contributed by atoms with Crippen LogP contribution in [0.2, 0.25) is 0 Å². The number of nitrogens with one attached hydrogen (secondary N) is 1. The first-order chi connectivity index (χ1) is 12.1. The van der Waals surface area contributed by atoms with Gasteiger partial charge in [-0.1, -0.05) is 0 Å². The predicted molar refractivity (Wildman–Crippen MR) is 90.4 cm³/mol. The van der Waals surface area contributed by atoms with Crippen molar-refractivity contribution < 1.29 is 18.7 Å². The molecular formula is C18H18FN3O3.